The number of carboxylic acids is 1. The molecule has 0 spiro atoms. The molecule has 0 radical (unpaired) electrons. The molecular weight excluding hydrogens is 479 g/mol. The van der Waals surface area contributed by atoms with Gasteiger partial charge >= 0.3 is 12.1 Å². The summed E-state index contributed by atoms with van der Waals surface area (Å²) in [5, 5.41) is 12.8. The second-order valence-electron chi connectivity index (χ2n) is 6.93. The number of rotatable bonds is 6. The number of carbonyl (C=O) groups is 1. The summed E-state index contributed by atoms with van der Waals surface area (Å²) >= 11 is 6.67. The highest BCUT2D eigenvalue weighted by Gasteiger charge is 2.33. The number of hydrogen-bond donors (Lipinski definition) is 2. The van der Waals surface area contributed by atoms with Crippen molar-refractivity contribution in [2.75, 3.05) is 12.4 Å². The van der Waals surface area contributed by atoms with Crippen molar-refractivity contribution in [3.05, 3.63) is 69.6 Å². The number of nitrogens with zero attached hydrogens (tertiary/aromatic N) is 2. The lowest BCUT2D eigenvalue weighted by Crippen LogP contribution is -2.04. The van der Waals surface area contributed by atoms with E-state index in [1.807, 2.05) is 0 Å². The molecule has 0 atom stereocenters. The van der Waals surface area contributed by atoms with Gasteiger partial charge in [-0.1, -0.05) is 29.8 Å². The van der Waals surface area contributed by atoms with E-state index < -0.39 is 17.0 Å². The van der Waals surface area contributed by atoms with Gasteiger partial charge in [-0.25, -0.2) is 14.8 Å². The van der Waals surface area contributed by atoms with Gasteiger partial charge in [-0.15, -0.1) is 11.3 Å². The molecule has 2 heterocycles. The van der Waals surface area contributed by atoms with Crippen LogP contribution in [0.25, 0.3) is 21.6 Å². The molecular formula is C22H15ClF3N3O3S. The van der Waals surface area contributed by atoms with E-state index in [1.54, 1.807) is 18.2 Å². The van der Waals surface area contributed by atoms with Crippen LogP contribution in [-0.4, -0.2) is 28.2 Å². The van der Waals surface area contributed by atoms with Crippen molar-refractivity contribution in [2.24, 2.45) is 0 Å². The number of thiophene rings is 1. The first-order valence-electron chi connectivity index (χ1n) is 9.44. The Morgan fingerprint density at radius 2 is 1.88 bits per heavy atom. The van der Waals surface area contributed by atoms with Gasteiger partial charge in [0, 0.05) is 12.1 Å². The average Bonchev–Trinajstić information content (AvgIpc) is 3.22. The number of hydrogen-bond acceptors (Lipinski definition) is 6. The van der Waals surface area contributed by atoms with E-state index in [4.69, 9.17) is 21.4 Å². The lowest BCUT2D eigenvalue weighted by molar-refractivity contribution is -0.134. The van der Waals surface area contributed by atoms with Gasteiger partial charge in [-0.05, 0) is 35.9 Å². The molecule has 170 valence electrons. The van der Waals surface area contributed by atoms with E-state index in [0.717, 1.165) is 11.6 Å². The summed E-state index contributed by atoms with van der Waals surface area (Å²) in [5.41, 5.74) is 1.32. The van der Waals surface area contributed by atoms with Gasteiger partial charge in [-0.3, -0.25) is 0 Å². The molecule has 4 rings (SSSR count). The molecule has 0 bridgehead atoms. The monoisotopic (exact) mass is 493 g/mol. The molecule has 0 aliphatic carbocycles. The zero-order chi connectivity index (χ0) is 23.8. The van der Waals surface area contributed by atoms with Crippen LogP contribution in [0.3, 0.4) is 0 Å². The van der Waals surface area contributed by atoms with Gasteiger partial charge in [0.2, 0.25) is 0 Å². The Bertz CT molecular complexity index is 1340. The first-order chi connectivity index (χ1) is 15.7. The fraction of sp³-hybridized carbons (Fsp3) is 0.136. The van der Waals surface area contributed by atoms with Crippen molar-refractivity contribution < 1.29 is 27.8 Å². The van der Waals surface area contributed by atoms with Crippen LogP contribution in [0.15, 0.2) is 48.5 Å². The van der Waals surface area contributed by atoms with Crippen LogP contribution in [0.5, 0.6) is 5.75 Å². The van der Waals surface area contributed by atoms with Crippen molar-refractivity contribution in [3.8, 4) is 17.1 Å². The second-order valence-corrected chi connectivity index (χ2v) is 8.37. The van der Waals surface area contributed by atoms with E-state index in [-0.39, 0.29) is 34.0 Å². The molecule has 6 nitrogen and oxygen atoms in total. The number of methoxy groups -OCH3 is 1. The molecule has 11 heteroatoms. The topological polar surface area (TPSA) is 84.3 Å². The van der Waals surface area contributed by atoms with Crippen molar-refractivity contribution in [2.45, 2.75) is 12.7 Å². The number of anilines is 1. The standard InChI is InChI=1S/C22H15ClF3N3O3S/c1-32-16-7-2-11(8-15(16)23)10-27-19-14-9-17(22(24,25)26)33-20(14)29-18(28-19)12-3-5-13(6-4-12)21(30)31/h2-9H,10H2,1H3,(H,30,31)(H,27,28,29). The normalized spacial score (nSPS) is 11.5. The highest BCUT2D eigenvalue weighted by molar-refractivity contribution is 7.18. The van der Waals surface area contributed by atoms with Crippen LogP contribution in [0.4, 0.5) is 19.0 Å². The number of ether oxygens (including phenoxy) is 1. The first-order valence-corrected chi connectivity index (χ1v) is 10.6. The smallest absolute Gasteiger partial charge is 0.425 e. The number of alkyl halides is 3. The number of benzene rings is 2. The summed E-state index contributed by atoms with van der Waals surface area (Å²) in [6, 6.07) is 12.0. The van der Waals surface area contributed by atoms with Crippen LogP contribution in [-0.2, 0) is 12.7 Å². The molecule has 0 amide bonds. The van der Waals surface area contributed by atoms with Crippen molar-refractivity contribution in [1.29, 1.82) is 0 Å². The Kier molecular flexibility index (Phi) is 6.13. The molecule has 0 aliphatic rings. The maximum Gasteiger partial charge on any atom is 0.425 e. The molecule has 0 aliphatic heterocycles. The van der Waals surface area contributed by atoms with E-state index in [1.165, 1.54) is 31.4 Å². The Hall–Kier alpha value is -3.37. The summed E-state index contributed by atoms with van der Waals surface area (Å²) in [7, 11) is 1.50. The maximum atomic E-state index is 13.3. The molecule has 33 heavy (non-hydrogen) atoms. The van der Waals surface area contributed by atoms with Crippen LogP contribution < -0.4 is 10.1 Å². The molecule has 2 N–H and O–H groups in total. The molecule has 2 aromatic heterocycles. The number of halogens is 4. The SMILES string of the molecule is COc1ccc(CNc2nc(-c3ccc(C(=O)O)cc3)nc3sc(C(F)(F)F)cc23)cc1Cl. The predicted molar refractivity (Wildman–Crippen MR) is 120 cm³/mol. The first kappa shape index (κ1) is 22.8. The van der Waals surface area contributed by atoms with Crippen LogP contribution >= 0.6 is 22.9 Å². The van der Waals surface area contributed by atoms with Crippen molar-refractivity contribution in [3.63, 3.8) is 0 Å². The zero-order valence-electron chi connectivity index (χ0n) is 16.9. The van der Waals surface area contributed by atoms with Gasteiger partial charge < -0.3 is 15.2 Å². The third-order valence-electron chi connectivity index (χ3n) is 4.74. The highest BCUT2D eigenvalue weighted by Crippen LogP contribution is 2.40. The molecule has 0 saturated carbocycles. The van der Waals surface area contributed by atoms with Crippen LogP contribution in [0, 0.1) is 0 Å². The number of aromatic carboxylic acids is 1. The minimum absolute atomic E-state index is 0.0741. The lowest BCUT2D eigenvalue weighted by atomic mass is 10.1. The minimum atomic E-state index is -4.52. The van der Waals surface area contributed by atoms with Gasteiger partial charge in [0.05, 0.1) is 23.1 Å². The second kappa shape index (κ2) is 8.87. The van der Waals surface area contributed by atoms with E-state index >= 15 is 0 Å². The van der Waals surface area contributed by atoms with Gasteiger partial charge in [-0.2, -0.15) is 13.2 Å². The van der Waals surface area contributed by atoms with Gasteiger partial charge in [0.25, 0.3) is 0 Å². The number of nitrogens with one attached hydrogen (secondary N) is 1. The Balaban J connectivity index is 1.74. The summed E-state index contributed by atoms with van der Waals surface area (Å²) in [4.78, 5) is 19.2. The quantitative estimate of drug-likeness (QED) is 0.325. The molecule has 0 fully saturated rings. The third-order valence-corrected chi connectivity index (χ3v) is 6.11. The fourth-order valence-electron chi connectivity index (χ4n) is 3.09. The van der Waals surface area contributed by atoms with Crippen molar-refractivity contribution in [1.82, 2.24) is 9.97 Å². The number of carboxylic acid groups (broad SMARTS) is 1. The maximum absolute atomic E-state index is 13.3. The zero-order valence-corrected chi connectivity index (χ0v) is 18.5. The summed E-state index contributed by atoms with van der Waals surface area (Å²) in [5.74, 6) is -0.197. The van der Waals surface area contributed by atoms with Crippen LogP contribution in [0.2, 0.25) is 5.02 Å². The third kappa shape index (κ3) is 4.86. The summed E-state index contributed by atoms with van der Waals surface area (Å²) in [6.45, 7) is 0.240. The molecule has 0 unspecified atom stereocenters. The Labute approximate surface area is 194 Å². The Morgan fingerprint density at radius 3 is 2.48 bits per heavy atom. The highest BCUT2D eigenvalue weighted by atomic mass is 35.5. The predicted octanol–water partition coefficient (Wildman–Crippen LogP) is 6.35. The largest absolute Gasteiger partial charge is 0.495 e. The van der Waals surface area contributed by atoms with Gasteiger partial charge in [0.15, 0.2) is 5.82 Å². The number of fused-ring (bicyclic) bond motifs is 1. The molecule has 2 aromatic carbocycles. The van der Waals surface area contributed by atoms with Crippen molar-refractivity contribution >= 4 is 44.9 Å². The van der Waals surface area contributed by atoms with E-state index in [0.29, 0.717) is 27.7 Å². The average molecular weight is 494 g/mol. The lowest BCUT2D eigenvalue weighted by Gasteiger charge is -2.10. The summed E-state index contributed by atoms with van der Waals surface area (Å²) < 4.78 is 45.1. The van der Waals surface area contributed by atoms with Gasteiger partial charge in [0.1, 0.15) is 21.3 Å². The van der Waals surface area contributed by atoms with E-state index in [2.05, 4.69) is 15.3 Å². The molecule has 0 saturated heterocycles. The number of aromatic nitrogens is 2. The Morgan fingerprint density at radius 1 is 1.15 bits per heavy atom. The molecule has 4 aromatic rings. The summed E-state index contributed by atoms with van der Waals surface area (Å²) in [6.07, 6.45) is -4.52. The van der Waals surface area contributed by atoms with Crippen LogP contribution in [0.1, 0.15) is 20.8 Å². The fourth-order valence-corrected chi connectivity index (χ4v) is 4.27. The minimum Gasteiger partial charge on any atom is -0.495 e. The van der Waals surface area contributed by atoms with E-state index in [9.17, 15) is 18.0 Å².